The molecular weight excluding hydrogens is 486 g/mol. The van der Waals surface area contributed by atoms with Gasteiger partial charge in [-0.3, -0.25) is 9.10 Å². The zero-order valence-corrected chi connectivity index (χ0v) is 23.0. The lowest BCUT2D eigenvalue weighted by Gasteiger charge is -2.42. The fourth-order valence-electron chi connectivity index (χ4n) is 6.97. The van der Waals surface area contributed by atoms with E-state index in [0.29, 0.717) is 18.5 Å². The van der Waals surface area contributed by atoms with Crippen molar-refractivity contribution < 1.29 is 22.7 Å². The van der Waals surface area contributed by atoms with Crippen molar-refractivity contribution in [1.82, 2.24) is 0 Å². The van der Waals surface area contributed by atoms with Crippen LogP contribution in [0.15, 0.2) is 65.1 Å². The monoisotopic (exact) mass is 521 g/mol. The summed E-state index contributed by atoms with van der Waals surface area (Å²) in [5, 5.41) is 0. The van der Waals surface area contributed by atoms with Crippen LogP contribution in [-0.2, 0) is 24.3 Å². The molecule has 0 amide bonds. The van der Waals surface area contributed by atoms with Gasteiger partial charge in [0.25, 0.3) is 10.0 Å². The number of allylic oxidation sites excluding steroid dienone is 1. The Morgan fingerprint density at radius 2 is 1.68 bits per heavy atom. The second kappa shape index (κ2) is 8.83. The van der Waals surface area contributed by atoms with Crippen LogP contribution in [0.4, 0.5) is 5.69 Å². The van der Waals surface area contributed by atoms with Crippen LogP contribution in [0, 0.1) is 30.6 Å². The fraction of sp³-hybridized carbons (Fsp3) is 0.467. The van der Waals surface area contributed by atoms with Crippen LogP contribution in [0.25, 0.3) is 0 Å². The second-order valence-corrected chi connectivity index (χ2v) is 13.5. The number of ether oxygens (including phenoxy) is 1. The molecule has 0 radical (unpaired) electrons. The van der Waals surface area contributed by atoms with Crippen LogP contribution in [0.1, 0.15) is 57.6 Å². The van der Waals surface area contributed by atoms with Crippen LogP contribution < -0.4 is 4.31 Å². The average molecular weight is 522 g/mol. The fourth-order valence-corrected chi connectivity index (χ4v) is 8.66. The van der Waals surface area contributed by atoms with Crippen molar-refractivity contribution in [3.8, 4) is 0 Å². The SMILES string of the molecule is Cc1cc(C)cc(N([C@H]2[C@H]3CC[C@@](C)([C@H]2OC(=O)C2=CCCC2=O)C3(C)C)S(=O)(=O)c2ccccc2)c1. The Bertz CT molecular complexity index is 1370. The number of aryl methyl sites for hydroxylation is 2. The van der Waals surface area contributed by atoms with Crippen LogP contribution >= 0.6 is 0 Å². The molecule has 0 heterocycles. The summed E-state index contributed by atoms with van der Waals surface area (Å²) in [6.07, 6.45) is 3.42. The van der Waals surface area contributed by atoms with Gasteiger partial charge in [-0.1, -0.05) is 51.1 Å². The van der Waals surface area contributed by atoms with E-state index in [1.807, 2.05) is 32.0 Å². The van der Waals surface area contributed by atoms with Gasteiger partial charge in [0.2, 0.25) is 0 Å². The van der Waals surface area contributed by atoms with Gasteiger partial charge in [-0.2, -0.15) is 0 Å². The van der Waals surface area contributed by atoms with Gasteiger partial charge < -0.3 is 4.74 Å². The largest absolute Gasteiger partial charge is 0.456 e. The zero-order valence-electron chi connectivity index (χ0n) is 22.2. The molecular formula is C30H35NO5S. The summed E-state index contributed by atoms with van der Waals surface area (Å²) in [5.74, 6) is -0.889. The maximum Gasteiger partial charge on any atom is 0.341 e. The van der Waals surface area contributed by atoms with E-state index in [-0.39, 0.29) is 27.6 Å². The molecule has 37 heavy (non-hydrogen) atoms. The number of fused-ring (bicyclic) bond motifs is 2. The summed E-state index contributed by atoms with van der Waals surface area (Å²) >= 11 is 0. The van der Waals surface area contributed by atoms with E-state index >= 15 is 0 Å². The number of Topliss-reactive ketones (excluding diaryl/α,β-unsaturated/α-hetero) is 1. The van der Waals surface area contributed by atoms with Gasteiger partial charge in [0.1, 0.15) is 6.10 Å². The predicted molar refractivity (Wildman–Crippen MR) is 143 cm³/mol. The normalized spacial score (nSPS) is 28.3. The number of ketones is 1. The molecule has 0 N–H and O–H groups in total. The lowest BCUT2D eigenvalue weighted by atomic mass is 9.70. The number of rotatable bonds is 6. The number of hydrogen-bond acceptors (Lipinski definition) is 5. The van der Waals surface area contributed by atoms with E-state index < -0.39 is 33.6 Å². The molecule has 6 nitrogen and oxygen atoms in total. The first-order valence-corrected chi connectivity index (χ1v) is 14.4. The van der Waals surface area contributed by atoms with E-state index in [0.717, 1.165) is 24.0 Å². The Hall–Kier alpha value is -2.93. The molecule has 2 saturated carbocycles. The highest BCUT2D eigenvalue weighted by Gasteiger charge is 2.70. The molecule has 0 spiro atoms. The molecule has 0 saturated heterocycles. The molecule has 2 aromatic carbocycles. The molecule has 5 rings (SSSR count). The lowest BCUT2D eigenvalue weighted by molar-refractivity contribution is -0.153. The molecule has 4 atom stereocenters. The minimum atomic E-state index is -4.01. The molecule has 3 aliphatic carbocycles. The number of anilines is 1. The van der Waals surface area contributed by atoms with Gasteiger partial charge in [-0.25, -0.2) is 13.2 Å². The Balaban J connectivity index is 1.69. The Labute approximate surface area is 219 Å². The highest BCUT2D eigenvalue weighted by Crippen LogP contribution is 2.68. The summed E-state index contributed by atoms with van der Waals surface area (Å²) in [5.41, 5.74) is 1.81. The second-order valence-electron chi connectivity index (χ2n) is 11.6. The highest BCUT2D eigenvalue weighted by molar-refractivity contribution is 7.92. The van der Waals surface area contributed by atoms with Gasteiger partial charge in [-0.05, 0) is 79.8 Å². The first-order chi connectivity index (χ1) is 17.4. The molecule has 0 aromatic heterocycles. The zero-order chi connectivity index (χ0) is 26.8. The van der Waals surface area contributed by atoms with Crippen molar-refractivity contribution >= 4 is 27.5 Å². The quantitative estimate of drug-likeness (QED) is 0.369. The minimum absolute atomic E-state index is 0.0390. The number of carbonyl (C=O) groups excluding carboxylic acids is 2. The molecule has 2 bridgehead atoms. The molecule has 2 fully saturated rings. The van der Waals surface area contributed by atoms with E-state index in [1.54, 1.807) is 36.4 Å². The van der Waals surface area contributed by atoms with Crippen molar-refractivity contribution in [3.63, 3.8) is 0 Å². The third kappa shape index (κ3) is 3.94. The summed E-state index contributed by atoms with van der Waals surface area (Å²) in [6, 6.07) is 13.6. The van der Waals surface area contributed by atoms with Gasteiger partial charge in [0.05, 0.1) is 22.2 Å². The third-order valence-corrected chi connectivity index (χ3v) is 11.1. The molecule has 0 aliphatic heterocycles. The third-order valence-electron chi connectivity index (χ3n) is 9.23. The summed E-state index contributed by atoms with van der Waals surface area (Å²) in [4.78, 5) is 25.8. The predicted octanol–water partition coefficient (Wildman–Crippen LogP) is 5.52. The van der Waals surface area contributed by atoms with E-state index in [9.17, 15) is 18.0 Å². The number of carbonyl (C=O) groups is 2. The number of benzene rings is 2. The highest BCUT2D eigenvalue weighted by atomic mass is 32.2. The molecule has 3 aliphatic rings. The van der Waals surface area contributed by atoms with E-state index in [4.69, 9.17) is 4.74 Å². The topological polar surface area (TPSA) is 80.8 Å². The van der Waals surface area contributed by atoms with Crippen LogP contribution in [0.3, 0.4) is 0 Å². The standard InChI is InChI=1S/C30H35NO5S/c1-19-16-20(2)18-21(17-19)31(37(34,35)22-10-7-6-8-11-22)26-24-14-15-30(5,29(24,3)4)27(26)36-28(33)23-12-9-13-25(23)32/h6-8,10-12,16-18,24,26-27H,9,13-15H2,1-5H3/t24-,26+,27+,30+/m1/s1. The Kier molecular flexibility index (Phi) is 6.13. The number of esters is 1. The molecule has 0 unspecified atom stereocenters. The first kappa shape index (κ1) is 25.7. The van der Waals surface area contributed by atoms with Gasteiger partial charge in [0.15, 0.2) is 5.78 Å². The van der Waals surface area contributed by atoms with Crippen LogP contribution in [0.5, 0.6) is 0 Å². The van der Waals surface area contributed by atoms with Crippen molar-refractivity contribution in [2.45, 2.75) is 77.3 Å². The van der Waals surface area contributed by atoms with E-state index in [2.05, 4.69) is 20.8 Å². The number of sulfonamides is 1. The van der Waals surface area contributed by atoms with E-state index in [1.165, 1.54) is 4.31 Å². The molecule has 196 valence electrons. The van der Waals surface area contributed by atoms with Gasteiger partial charge >= 0.3 is 5.97 Å². The van der Waals surface area contributed by atoms with Crippen molar-refractivity contribution in [2.75, 3.05) is 4.31 Å². The minimum Gasteiger partial charge on any atom is -0.456 e. The average Bonchev–Trinajstić information content (AvgIpc) is 3.40. The van der Waals surface area contributed by atoms with Crippen molar-refractivity contribution in [2.24, 2.45) is 16.7 Å². The summed E-state index contributed by atoms with van der Waals surface area (Å²) in [7, 11) is -4.01. The summed E-state index contributed by atoms with van der Waals surface area (Å²) < 4.78 is 36.5. The first-order valence-electron chi connectivity index (χ1n) is 13.0. The summed E-state index contributed by atoms with van der Waals surface area (Å²) in [6.45, 7) is 10.3. The smallest absolute Gasteiger partial charge is 0.341 e. The van der Waals surface area contributed by atoms with Gasteiger partial charge in [0, 0.05) is 11.8 Å². The maximum absolute atomic E-state index is 14.4. The molecule has 7 heteroatoms. The Morgan fingerprint density at radius 1 is 1.03 bits per heavy atom. The van der Waals surface area contributed by atoms with Crippen LogP contribution in [-0.4, -0.2) is 32.3 Å². The van der Waals surface area contributed by atoms with Crippen LogP contribution in [0.2, 0.25) is 0 Å². The van der Waals surface area contributed by atoms with Crippen molar-refractivity contribution in [1.29, 1.82) is 0 Å². The van der Waals surface area contributed by atoms with Gasteiger partial charge in [-0.15, -0.1) is 0 Å². The lowest BCUT2D eigenvalue weighted by Crippen LogP contribution is -2.54. The number of nitrogens with zero attached hydrogens (tertiary/aromatic N) is 1. The van der Waals surface area contributed by atoms with Crippen molar-refractivity contribution in [3.05, 3.63) is 71.3 Å². The maximum atomic E-state index is 14.4. The molecule has 2 aromatic rings. The Morgan fingerprint density at radius 3 is 2.27 bits per heavy atom. The number of hydrogen-bond donors (Lipinski definition) is 0.